The second-order valence-electron chi connectivity index (χ2n) is 17.8. The maximum absolute atomic E-state index is 13.3. The van der Waals surface area contributed by atoms with Crippen LogP contribution in [0.5, 0.6) is 0 Å². The summed E-state index contributed by atoms with van der Waals surface area (Å²) >= 11 is 0. The van der Waals surface area contributed by atoms with Gasteiger partial charge in [-0.05, 0) is 105 Å². The maximum atomic E-state index is 13.3. The number of nitrogens with zero attached hydrogens (tertiary/aromatic N) is 8. The Morgan fingerprint density at radius 1 is 0.766 bits per heavy atom. The van der Waals surface area contributed by atoms with E-state index >= 15 is 0 Å². The predicted octanol–water partition coefficient (Wildman–Crippen LogP) is 4.85. The average Bonchev–Trinajstić information content (AvgIpc) is 3.83. The molecule has 5 amide bonds. The summed E-state index contributed by atoms with van der Waals surface area (Å²) in [4.78, 5) is 85.2. The molecule has 0 unspecified atom stereocenters. The van der Waals surface area contributed by atoms with Crippen LogP contribution in [0.3, 0.4) is 0 Å². The first-order chi connectivity index (χ1) is 31.2. The molecule has 0 bridgehead atoms. The lowest BCUT2D eigenvalue weighted by atomic mass is 9.86. The van der Waals surface area contributed by atoms with E-state index in [1.807, 2.05) is 42.7 Å². The summed E-state index contributed by atoms with van der Waals surface area (Å²) in [5.74, 6) is -0.548. The normalized spacial score (nSPS) is 21.8. The lowest BCUT2D eigenvalue weighted by Crippen LogP contribution is -2.54. The highest BCUT2D eigenvalue weighted by Gasteiger charge is 2.45. The number of aromatic nitrogens is 4. The molecule has 64 heavy (non-hydrogen) atoms. The largest absolute Gasteiger partial charge is 0.371 e. The number of imidazole rings is 1. The SMILES string of the molecule is O=C1CC[C@H](N2C(=O)c3ccc(N4CCC(CCCN5CCN(c6ccc(Nc7ncnc8c7ncn8C7CC(NC(=O)Cc8ccccc8)C7)cc6)CC5)CC4)cc3C2=O)C(=O)N1. The number of piperidine rings is 2. The molecule has 6 heterocycles. The summed E-state index contributed by atoms with van der Waals surface area (Å²) in [6.07, 6.45) is 10.2. The molecule has 16 heteroatoms. The molecule has 1 aliphatic carbocycles. The zero-order chi connectivity index (χ0) is 43.7. The van der Waals surface area contributed by atoms with E-state index in [-0.39, 0.29) is 36.7 Å². The van der Waals surface area contributed by atoms with Gasteiger partial charge in [0.25, 0.3) is 11.8 Å². The van der Waals surface area contributed by atoms with E-state index in [9.17, 15) is 24.0 Å². The first kappa shape index (κ1) is 41.3. The fourth-order valence-corrected chi connectivity index (χ4v) is 10.1. The number of carbonyl (C=O) groups is 5. The molecule has 0 radical (unpaired) electrons. The van der Waals surface area contributed by atoms with Crippen molar-refractivity contribution in [3.05, 3.63) is 102 Å². The van der Waals surface area contributed by atoms with E-state index in [0.29, 0.717) is 29.3 Å². The molecular formula is C48H53N11O5. The summed E-state index contributed by atoms with van der Waals surface area (Å²) in [5.41, 5.74) is 6.22. The van der Waals surface area contributed by atoms with Gasteiger partial charge in [-0.25, -0.2) is 15.0 Å². The number of benzene rings is 3. The van der Waals surface area contributed by atoms with Crippen LogP contribution in [0.2, 0.25) is 0 Å². The van der Waals surface area contributed by atoms with E-state index in [2.05, 4.69) is 74.4 Å². The minimum atomic E-state index is -0.959. The molecular weight excluding hydrogens is 811 g/mol. The molecule has 3 N–H and O–H groups in total. The molecule has 1 saturated carbocycles. The fourth-order valence-electron chi connectivity index (χ4n) is 10.1. The zero-order valence-electron chi connectivity index (χ0n) is 35.8. The molecule has 5 aliphatic rings. The third-order valence-electron chi connectivity index (χ3n) is 13.8. The van der Waals surface area contributed by atoms with Crippen LogP contribution in [0.15, 0.2) is 85.5 Å². The molecule has 330 valence electrons. The summed E-state index contributed by atoms with van der Waals surface area (Å²) in [6.45, 7) is 6.90. The number of imide groups is 2. The Morgan fingerprint density at radius 2 is 1.50 bits per heavy atom. The fraction of sp³-hybridized carbons (Fsp3) is 0.417. The molecule has 0 spiro atoms. The molecule has 1 atom stereocenters. The number of hydrogen-bond acceptors (Lipinski definition) is 12. The molecule has 4 fully saturated rings. The Kier molecular flexibility index (Phi) is 11.5. The lowest BCUT2D eigenvalue weighted by Gasteiger charge is -2.37. The topological polar surface area (TPSA) is 178 Å². The van der Waals surface area contributed by atoms with E-state index in [1.165, 1.54) is 18.5 Å². The highest BCUT2D eigenvalue weighted by Crippen LogP contribution is 2.36. The minimum absolute atomic E-state index is 0.0482. The number of anilines is 4. The Labute approximate surface area is 371 Å². The van der Waals surface area contributed by atoms with Crippen molar-refractivity contribution in [2.24, 2.45) is 5.92 Å². The van der Waals surface area contributed by atoms with E-state index in [0.717, 1.165) is 104 Å². The second kappa shape index (κ2) is 17.8. The van der Waals surface area contributed by atoms with Crippen LogP contribution in [0.1, 0.15) is 83.7 Å². The van der Waals surface area contributed by atoms with E-state index in [1.54, 1.807) is 18.5 Å². The van der Waals surface area contributed by atoms with Gasteiger partial charge in [-0.1, -0.05) is 30.3 Å². The van der Waals surface area contributed by atoms with Crippen LogP contribution in [-0.2, 0) is 20.8 Å². The van der Waals surface area contributed by atoms with Crippen molar-refractivity contribution in [2.45, 2.75) is 75.9 Å². The number of fused-ring (bicyclic) bond motifs is 2. The van der Waals surface area contributed by atoms with E-state index in [4.69, 9.17) is 0 Å². The van der Waals surface area contributed by atoms with Crippen molar-refractivity contribution >= 4 is 63.6 Å². The van der Waals surface area contributed by atoms with Gasteiger partial charge in [0.05, 0.1) is 23.9 Å². The Balaban J connectivity index is 0.643. The molecule has 5 aromatic rings. The highest BCUT2D eigenvalue weighted by atomic mass is 16.2. The summed E-state index contributed by atoms with van der Waals surface area (Å²) < 4.78 is 2.10. The average molecular weight is 864 g/mol. The highest BCUT2D eigenvalue weighted by molar-refractivity contribution is 6.23. The first-order valence-electron chi connectivity index (χ1n) is 22.7. The van der Waals surface area contributed by atoms with Gasteiger partial charge in [-0.3, -0.25) is 39.1 Å². The molecule has 3 aromatic carbocycles. The van der Waals surface area contributed by atoms with Gasteiger partial charge < -0.3 is 25.0 Å². The van der Waals surface area contributed by atoms with Gasteiger partial charge in [0, 0.05) is 74.8 Å². The monoisotopic (exact) mass is 863 g/mol. The predicted molar refractivity (Wildman–Crippen MR) is 241 cm³/mol. The Bertz CT molecular complexity index is 2560. The molecule has 10 rings (SSSR count). The minimum Gasteiger partial charge on any atom is -0.371 e. The second-order valence-corrected chi connectivity index (χ2v) is 17.8. The zero-order valence-corrected chi connectivity index (χ0v) is 35.8. The van der Waals surface area contributed by atoms with Gasteiger partial charge in [-0.15, -0.1) is 0 Å². The van der Waals surface area contributed by atoms with Crippen LogP contribution in [-0.4, -0.2) is 117 Å². The van der Waals surface area contributed by atoms with Gasteiger partial charge >= 0.3 is 0 Å². The number of hydrogen-bond donors (Lipinski definition) is 3. The number of carbonyl (C=O) groups excluding carboxylic acids is 5. The van der Waals surface area contributed by atoms with Crippen molar-refractivity contribution in [1.82, 2.24) is 40.0 Å². The van der Waals surface area contributed by atoms with Gasteiger partial charge in [0.1, 0.15) is 12.4 Å². The van der Waals surface area contributed by atoms with Crippen LogP contribution >= 0.6 is 0 Å². The van der Waals surface area contributed by atoms with Crippen molar-refractivity contribution in [2.75, 3.05) is 60.9 Å². The van der Waals surface area contributed by atoms with Crippen molar-refractivity contribution in [1.29, 1.82) is 0 Å². The van der Waals surface area contributed by atoms with E-state index < -0.39 is 23.8 Å². The summed E-state index contributed by atoms with van der Waals surface area (Å²) in [7, 11) is 0. The molecule has 2 aromatic heterocycles. The third-order valence-corrected chi connectivity index (χ3v) is 13.8. The Morgan fingerprint density at radius 3 is 2.27 bits per heavy atom. The lowest BCUT2D eigenvalue weighted by molar-refractivity contribution is -0.136. The molecule has 16 nitrogen and oxygen atoms in total. The smallest absolute Gasteiger partial charge is 0.262 e. The summed E-state index contributed by atoms with van der Waals surface area (Å²) in [6, 6.07) is 23.1. The van der Waals surface area contributed by atoms with Crippen molar-refractivity contribution in [3.8, 4) is 0 Å². The molecule has 3 saturated heterocycles. The van der Waals surface area contributed by atoms with Crippen LogP contribution in [0.4, 0.5) is 22.9 Å². The van der Waals surface area contributed by atoms with Crippen molar-refractivity contribution < 1.29 is 24.0 Å². The maximum Gasteiger partial charge on any atom is 0.262 e. The van der Waals surface area contributed by atoms with Gasteiger partial charge in [-0.2, -0.15) is 0 Å². The van der Waals surface area contributed by atoms with Crippen molar-refractivity contribution in [3.63, 3.8) is 0 Å². The first-order valence-corrected chi connectivity index (χ1v) is 22.7. The number of nitrogens with one attached hydrogen (secondary N) is 3. The quantitative estimate of drug-likeness (QED) is 0.137. The van der Waals surface area contributed by atoms with Crippen LogP contribution in [0, 0.1) is 5.92 Å². The number of rotatable bonds is 13. The van der Waals surface area contributed by atoms with Crippen LogP contribution < -0.4 is 25.8 Å². The number of piperazine rings is 1. The van der Waals surface area contributed by atoms with Gasteiger partial charge in [0.15, 0.2) is 17.0 Å². The van der Waals surface area contributed by atoms with Crippen LogP contribution in [0.25, 0.3) is 11.2 Å². The molecule has 4 aliphatic heterocycles. The van der Waals surface area contributed by atoms with Gasteiger partial charge in [0.2, 0.25) is 17.7 Å². The third kappa shape index (κ3) is 8.53. The standard InChI is InChI=1S/C48H53N11O5/c60-41-15-14-40(46(62)54-41)59-47(63)38-13-12-36(28-39(38)48(59)64)56-19-16-31(17-20-56)7-4-18-55-21-23-57(24-22-55)35-10-8-33(9-11-35)53-44-43-45(50-29-49-44)58(30-51-43)37-26-34(27-37)52-42(61)25-32-5-2-1-3-6-32/h1-3,5-6,8-13,28-31,34,37,40H,4,7,14-27H2,(H,52,61)(H,49,50,53)(H,54,60,62)/t34?,37?,40-/m0/s1. The number of amides is 5. The Hall–Kier alpha value is -6.68. The summed E-state index contributed by atoms with van der Waals surface area (Å²) in [5, 5.41) is 8.88.